The Balaban J connectivity index is 0.00000176. The molecule has 10 heteroatoms. The standard InChI is InChI=1S/C14H17NO6.3H2O/c16-6-10-11(17)12(18)13(19)14(21-10)20-9-5-15-8-4-2-1-3-7(8)9;;;/h1-5,10-19H,6H2;3*1H2. The predicted octanol–water partition coefficient (Wildman–Crippen LogP) is -3.13. The van der Waals surface area contributed by atoms with Crippen LogP contribution in [0.2, 0.25) is 0 Å². The third-order valence-corrected chi connectivity index (χ3v) is 3.64. The zero-order valence-electron chi connectivity index (χ0n) is 12.6. The van der Waals surface area contributed by atoms with Gasteiger partial charge < -0.3 is 51.3 Å². The molecule has 2 aromatic rings. The molecule has 0 aliphatic carbocycles. The van der Waals surface area contributed by atoms with E-state index in [1.807, 2.05) is 24.3 Å². The van der Waals surface area contributed by atoms with E-state index >= 15 is 0 Å². The maximum Gasteiger partial charge on any atom is 0.229 e. The van der Waals surface area contributed by atoms with Crippen LogP contribution in [0.4, 0.5) is 0 Å². The highest BCUT2D eigenvalue weighted by molar-refractivity contribution is 5.85. The number of ether oxygens (including phenoxy) is 2. The van der Waals surface area contributed by atoms with Crippen LogP contribution < -0.4 is 4.74 Å². The van der Waals surface area contributed by atoms with Crippen molar-refractivity contribution in [3.63, 3.8) is 0 Å². The van der Waals surface area contributed by atoms with Crippen molar-refractivity contribution in [2.24, 2.45) is 0 Å². The molecule has 0 radical (unpaired) electrons. The molecule has 0 bridgehead atoms. The number of aromatic nitrogens is 1. The molecule has 1 aliphatic rings. The summed E-state index contributed by atoms with van der Waals surface area (Å²) in [6.45, 7) is -0.487. The first-order valence-electron chi connectivity index (χ1n) is 6.65. The van der Waals surface area contributed by atoms with E-state index in [1.165, 1.54) is 0 Å². The Kier molecular flexibility index (Phi) is 8.26. The number of para-hydroxylation sites is 1. The number of benzene rings is 1. The number of nitrogens with one attached hydrogen (secondary N) is 1. The quantitative estimate of drug-likeness (QED) is 0.386. The molecule has 1 aromatic carbocycles. The summed E-state index contributed by atoms with van der Waals surface area (Å²) in [5.74, 6) is 0.454. The summed E-state index contributed by atoms with van der Waals surface area (Å²) in [5, 5.41) is 39.3. The number of aliphatic hydroxyl groups excluding tert-OH is 4. The van der Waals surface area contributed by atoms with E-state index in [4.69, 9.17) is 14.6 Å². The van der Waals surface area contributed by atoms with E-state index in [9.17, 15) is 15.3 Å². The molecular formula is C14H23NO9. The van der Waals surface area contributed by atoms with Crippen molar-refractivity contribution in [2.45, 2.75) is 30.7 Å². The number of H-pyrrole nitrogens is 1. The second-order valence-corrected chi connectivity index (χ2v) is 5.01. The number of hydrogen-bond acceptors (Lipinski definition) is 6. The number of rotatable bonds is 3. The monoisotopic (exact) mass is 349 g/mol. The van der Waals surface area contributed by atoms with Crippen molar-refractivity contribution < 1.29 is 46.3 Å². The second kappa shape index (κ2) is 8.92. The van der Waals surface area contributed by atoms with E-state index in [1.54, 1.807) is 6.20 Å². The van der Waals surface area contributed by atoms with Gasteiger partial charge in [0.2, 0.25) is 6.29 Å². The predicted molar refractivity (Wildman–Crippen MR) is 83.5 cm³/mol. The molecular weight excluding hydrogens is 326 g/mol. The van der Waals surface area contributed by atoms with Gasteiger partial charge in [0, 0.05) is 17.1 Å². The summed E-state index contributed by atoms with van der Waals surface area (Å²) in [4.78, 5) is 3.01. The highest BCUT2D eigenvalue weighted by atomic mass is 16.7. The lowest BCUT2D eigenvalue weighted by molar-refractivity contribution is -0.277. The van der Waals surface area contributed by atoms with Crippen molar-refractivity contribution in [3.05, 3.63) is 30.5 Å². The Labute approximate surface area is 136 Å². The molecule has 24 heavy (non-hydrogen) atoms. The lowest BCUT2D eigenvalue weighted by Crippen LogP contribution is -2.60. The zero-order chi connectivity index (χ0) is 15.0. The average Bonchev–Trinajstić information content (AvgIpc) is 2.91. The maximum atomic E-state index is 9.94. The highest BCUT2D eigenvalue weighted by Crippen LogP contribution is 2.29. The lowest BCUT2D eigenvalue weighted by atomic mass is 9.99. The van der Waals surface area contributed by atoms with E-state index < -0.39 is 37.3 Å². The summed E-state index contributed by atoms with van der Waals surface area (Å²) in [7, 11) is 0. The number of fused-ring (bicyclic) bond motifs is 1. The Hall–Kier alpha value is -1.76. The SMILES string of the molecule is O.O.O.OCC1OC(Oc2c[nH]c3ccccc23)C(O)C(O)C1O. The van der Waals surface area contributed by atoms with E-state index in [0.717, 1.165) is 10.9 Å². The van der Waals surface area contributed by atoms with Crippen LogP contribution in [0, 0.1) is 0 Å². The second-order valence-electron chi connectivity index (χ2n) is 5.01. The van der Waals surface area contributed by atoms with Gasteiger partial charge in [0.15, 0.2) is 0 Å². The van der Waals surface area contributed by atoms with Gasteiger partial charge in [-0.05, 0) is 12.1 Å². The van der Waals surface area contributed by atoms with Crippen LogP contribution in [0.3, 0.4) is 0 Å². The van der Waals surface area contributed by atoms with Crippen LogP contribution in [0.15, 0.2) is 30.5 Å². The fourth-order valence-corrected chi connectivity index (χ4v) is 2.43. The Bertz CT molecular complexity index is 617. The van der Waals surface area contributed by atoms with Gasteiger partial charge in [-0.3, -0.25) is 0 Å². The maximum absolute atomic E-state index is 9.94. The first-order valence-corrected chi connectivity index (χ1v) is 6.65. The minimum Gasteiger partial charge on any atom is -0.460 e. The van der Waals surface area contributed by atoms with Crippen molar-refractivity contribution in [3.8, 4) is 5.75 Å². The normalized spacial score (nSPS) is 29.1. The molecule has 1 saturated heterocycles. The third-order valence-electron chi connectivity index (χ3n) is 3.64. The number of aliphatic hydroxyl groups is 4. The molecule has 3 rings (SSSR count). The minimum atomic E-state index is -1.45. The molecule has 1 aromatic heterocycles. The molecule has 1 aliphatic heterocycles. The first-order chi connectivity index (χ1) is 10.1. The summed E-state index contributed by atoms with van der Waals surface area (Å²) in [6.07, 6.45) is -4.82. The third kappa shape index (κ3) is 3.83. The van der Waals surface area contributed by atoms with Crippen molar-refractivity contribution >= 4 is 10.9 Å². The summed E-state index contributed by atoms with van der Waals surface area (Å²) in [5.41, 5.74) is 0.858. The fourth-order valence-electron chi connectivity index (χ4n) is 2.43. The van der Waals surface area contributed by atoms with Crippen molar-refractivity contribution in [1.82, 2.24) is 4.98 Å². The molecule has 5 atom stereocenters. The molecule has 11 N–H and O–H groups in total. The van der Waals surface area contributed by atoms with Gasteiger partial charge in [0.1, 0.15) is 30.2 Å². The lowest BCUT2D eigenvalue weighted by Gasteiger charge is -2.39. The van der Waals surface area contributed by atoms with Gasteiger partial charge in [-0.25, -0.2) is 0 Å². The van der Waals surface area contributed by atoms with Crippen LogP contribution in [0.5, 0.6) is 5.75 Å². The summed E-state index contributed by atoms with van der Waals surface area (Å²) >= 11 is 0. The molecule has 0 saturated carbocycles. The Morgan fingerprint density at radius 1 is 1.00 bits per heavy atom. The fraction of sp³-hybridized carbons (Fsp3) is 0.429. The first kappa shape index (κ1) is 22.2. The van der Waals surface area contributed by atoms with Gasteiger partial charge in [-0.15, -0.1) is 0 Å². The van der Waals surface area contributed by atoms with Gasteiger partial charge >= 0.3 is 0 Å². The van der Waals surface area contributed by atoms with Gasteiger partial charge in [0.05, 0.1) is 6.61 Å². The molecule has 10 nitrogen and oxygen atoms in total. The Morgan fingerprint density at radius 2 is 1.67 bits per heavy atom. The Morgan fingerprint density at radius 3 is 2.33 bits per heavy atom. The van der Waals surface area contributed by atoms with Gasteiger partial charge in [-0.1, -0.05) is 12.1 Å². The summed E-state index contributed by atoms with van der Waals surface area (Å²) < 4.78 is 10.9. The van der Waals surface area contributed by atoms with E-state index in [-0.39, 0.29) is 16.4 Å². The summed E-state index contributed by atoms with van der Waals surface area (Å²) in [6, 6.07) is 7.42. The average molecular weight is 349 g/mol. The topological polar surface area (TPSA) is 210 Å². The number of aromatic amines is 1. The highest BCUT2D eigenvalue weighted by Gasteiger charge is 2.44. The van der Waals surface area contributed by atoms with Crippen LogP contribution in [-0.2, 0) is 4.74 Å². The molecule has 0 amide bonds. The molecule has 5 unspecified atom stereocenters. The largest absolute Gasteiger partial charge is 0.460 e. The van der Waals surface area contributed by atoms with Crippen molar-refractivity contribution in [1.29, 1.82) is 0 Å². The number of hydrogen-bond donors (Lipinski definition) is 5. The van der Waals surface area contributed by atoms with E-state index in [2.05, 4.69) is 4.98 Å². The zero-order valence-corrected chi connectivity index (χ0v) is 12.6. The molecule has 138 valence electrons. The van der Waals surface area contributed by atoms with Crippen LogP contribution in [0.1, 0.15) is 0 Å². The van der Waals surface area contributed by atoms with E-state index in [0.29, 0.717) is 5.75 Å². The van der Waals surface area contributed by atoms with Gasteiger partial charge in [0.25, 0.3) is 0 Å². The van der Waals surface area contributed by atoms with Crippen LogP contribution in [0.25, 0.3) is 10.9 Å². The molecule has 1 fully saturated rings. The molecule has 2 heterocycles. The van der Waals surface area contributed by atoms with Gasteiger partial charge in [-0.2, -0.15) is 0 Å². The molecule has 0 spiro atoms. The van der Waals surface area contributed by atoms with Crippen LogP contribution in [-0.4, -0.2) is 79.2 Å². The van der Waals surface area contributed by atoms with Crippen molar-refractivity contribution in [2.75, 3.05) is 6.61 Å². The van der Waals surface area contributed by atoms with Crippen LogP contribution >= 0.6 is 0 Å². The smallest absolute Gasteiger partial charge is 0.229 e. The minimum absolute atomic E-state index is 0.